The number of nitriles is 1. The molecule has 0 atom stereocenters. The quantitative estimate of drug-likeness (QED) is 0.796. The van der Waals surface area contributed by atoms with Gasteiger partial charge in [-0.1, -0.05) is 26.2 Å². The Labute approximate surface area is 114 Å². The molecular formula is C12H15BrN2OS. The third-order valence-corrected chi connectivity index (χ3v) is 4.15. The van der Waals surface area contributed by atoms with Gasteiger partial charge in [0, 0.05) is 10.9 Å². The first-order chi connectivity index (χ1) is 8.17. The SMILES string of the molecule is CCCCCCC(=O)Nc1cc(Br)c(C#N)s1. The van der Waals surface area contributed by atoms with E-state index in [1.807, 2.05) is 0 Å². The first-order valence-corrected chi connectivity index (χ1v) is 7.27. The smallest absolute Gasteiger partial charge is 0.224 e. The molecule has 0 fully saturated rings. The zero-order chi connectivity index (χ0) is 12.7. The Morgan fingerprint density at radius 2 is 2.29 bits per heavy atom. The number of thiophene rings is 1. The van der Waals surface area contributed by atoms with Crippen LogP contribution in [0.2, 0.25) is 0 Å². The van der Waals surface area contributed by atoms with Crippen LogP contribution in [0.5, 0.6) is 0 Å². The van der Waals surface area contributed by atoms with E-state index in [-0.39, 0.29) is 5.91 Å². The van der Waals surface area contributed by atoms with Gasteiger partial charge in [-0.05, 0) is 28.4 Å². The number of carbonyl (C=O) groups excluding carboxylic acids is 1. The largest absolute Gasteiger partial charge is 0.318 e. The first-order valence-electron chi connectivity index (χ1n) is 5.66. The molecule has 1 aromatic heterocycles. The van der Waals surface area contributed by atoms with E-state index in [0.29, 0.717) is 11.3 Å². The normalized spacial score (nSPS) is 9.94. The van der Waals surface area contributed by atoms with E-state index in [0.717, 1.165) is 22.3 Å². The molecule has 92 valence electrons. The summed E-state index contributed by atoms with van der Waals surface area (Å²) in [5, 5.41) is 12.3. The molecule has 5 heteroatoms. The number of anilines is 1. The van der Waals surface area contributed by atoms with Crippen molar-refractivity contribution in [3.05, 3.63) is 15.4 Å². The lowest BCUT2D eigenvalue weighted by atomic mass is 10.1. The molecule has 3 nitrogen and oxygen atoms in total. The maximum Gasteiger partial charge on any atom is 0.224 e. The maximum atomic E-state index is 11.6. The number of halogens is 1. The van der Waals surface area contributed by atoms with Crippen LogP contribution in [-0.4, -0.2) is 5.91 Å². The molecule has 0 aliphatic rings. The lowest BCUT2D eigenvalue weighted by Crippen LogP contribution is -2.09. The molecule has 0 aliphatic carbocycles. The number of unbranched alkanes of at least 4 members (excludes halogenated alkanes) is 3. The molecule has 0 saturated carbocycles. The maximum absolute atomic E-state index is 11.6. The van der Waals surface area contributed by atoms with Crippen LogP contribution in [0.25, 0.3) is 0 Å². The third-order valence-electron chi connectivity index (χ3n) is 2.31. The summed E-state index contributed by atoms with van der Waals surface area (Å²) in [6.45, 7) is 2.15. The Balaban J connectivity index is 2.38. The predicted molar refractivity (Wildman–Crippen MR) is 74.1 cm³/mol. The summed E-state index contributed by atoms with van der Waals surface area (Å²) < 4.78 is 0.742. The molecule has 0 spiro atoms. The van der Waals surface area contributed by atoms with Crippen molar-refractivity contribution in [2.24, 2.45) is 0 Å². The van der Waals surface area contributed by atoms with E-state index in [1.54, 1.807) is 6.07 Å². The number of rotatable bonds is 6. The molecule has 0 bridgehead atoms. The van der Waals surface area contributed by atoms with Crippen molar-refractivity contribution in [3.63, 3.8) is 0 Å². The van der Waals surface area contributed by atoms with Gasteiger partial charge in [0.15, 0.2) is 0 Å². The summed E-state index contributed by atoms with van der Waals surface area (Å²) in [7, 11) is 0. The van der Waals surface area contributed by atoms with Crippen LogP contribution < -0.4 is 5.32 Å². The monoisotopic (exact) mass is 314 g/mol. The average molecular weight is 315 g/mol. The number of nitrogens with one attached hydrogen (secondary N) is 1. The van der Waals surface area contributed by atoms with E-state index in [4.69, 9.17) is 5.26 Å². The fraction of sp³-hybridized carbons (Fsp3) is 0.500. The molecular weight excluding hydrogens is 300 g/mol. The van der Waals surface area contributed by atoms with Crippen LogP contribution in [-0.2, 0) is 4.79 Å². The highest BCUT2D eigenvalue weighted by atomic mass is 79.9. The third kappa shape index (κ3) is 4.88. The summed E-state index contributed by atoms with van der Waals surface area (Å²) in [5.41, 5.74) is 0. The molecule has 17 heavy (non-hydrogen) atoms. The zero-order valence-electron chi connectivity index (χ0n) is 9.75. The molecule has 1 aromatic rings. The second-order valence-corrected chi connectivity index (χ2v) is 5.66. The minimum absolute atomic E-state index is 0.0272. The van der Waals surface area contributed by atoms with Gasteiger partial charge in [0.2, 0.25) is 5.91 Å². The van der Waals surface area contributed by atoms with Crippen molar-refractivity contribution in [2.45, 2.75) is 39.0 Å². The van der Waals surface area contributed by atoms with Crippen molar-refractivity contribution in [2.75, 3.05) is 5.32 Å². The molecule has 1 amide bonds. The zero-order valence-corrected chi connectivity index (χ0v) is 12.2. The first kappa shape index (κ1) is 14.2. The van der Waals surface area contributed by atoms with Gasteiger partial charge in [-0.2, -0.15) is 5.26 Å². The van der Waals surface area contributed by atoms with E-state index < -0.39 is 0 Å². The van der Waals surface area contributed by atoms with Crippen molar-refractivity contribution in [1.29, 1.82) is 5.26 Å². The van der Waals surface area contributed by atoms with Crippen molar-refractivity contribution >= 4 is 38.2 Å². The summed E-state index contributed by atoms with van der Waals surface area (Å²) in [6.07, 6.45) is 4.93. The Morgan fingerprint density at radius 3 is 2.88 bits per heavy atom. The average Bonchev–Trinajstić information content (AvgIpc) is 2.65. The minimum Gasteiger partial charge on any atom is -0.318 e. The second-order valence-electron chi connectivity index (χ2n) is 3.76. The number of nitrogens with zero attached hydrogens (tertiary/aromatic N) is 1. The Kier molecular flexibility index (Phi) is 6.23. The van der Waals surface area contributed by atoms with Gasteiger partial charge in [0.1, 0.15) is 10.9 Å². The Hall–Kier alpha value is -0.860. The van der Waals surface area contributed by atoms with Gasteiger partial charge < -0.3 is 5.32 Å². The highest BCUT2D eigenvalue weighted by Gasteiger charge is 2.08. The molecule has 0 radical (unpaired) electrons. The van der Waals surface area contributed by atoms with E-state index >= 15 is 0 Å². The van der Waals surface area contributed by atoms with E-state index in [1.165, 1.54) is 24.2 Å². The summed E-state index contributed by atoms with van der Waals surface area (Å²) in [4.78, 5) is 12.2. The van der Waals surface area contributed by atoms with Gasteiger partial charge >= 0.3 is 0 Å². The minimum atomic E-state index is 0.0272. The van der Waals surface area contributed by atoms with Crippen molar-refractivity contribution in [3.8, 4) is 6.07 Å². The molecule has 0 aromatic carbocycles. The van der Waals surface area contributed by atoms with Crippen LogP contribution in [0.4, 0.5) is 5.00 Å². The molecule has 0 unspecified atom stereocenters. The molecule has 0 saturated heterocycles. The van der Waals surface area contributed by atoms with E-state index in [9.17, 15) is 4.79 Å². The molecule has 1 N–H and O–H groups in total. The molecule has 1 heterocycles. The summed E-state index contributed by atoms with van der Waals surface area (Å²) in [5.74, 6) is 0.0272. The van der Waals surface area contributed by atoms with Gasteiger partial charge in [-0.15, -0.1) is 11.3 Å². The van der Waals surface area contributed by atoms with Gasteiger partial charge in [-0.3, -0.25) is 4.79 Å². The van der Waals surface area contributed by atoms with Gasteiger partial charge in [0.05, 0.1) is 5.00 Å². The number of carbonyl (C=O) groups is 1. The number of hydrogen-bond acceptors (Lipinski definition) is 3. The van der Waals surface area contributed by atoms with Crippen LogP contribution >= 0.6 is 27.3 Å². The summed E-state index contributed by atoms with van der Waals surface area (Å²) in [6, 6.07) is 3.84. The Bertz CT molecular complexity index is 423. The number of hydrogen-bond donors (Lipinski definition) is 1. The fourth-order valence-corrected chi connectivity index (χ4v) is 2.89. The highest BCUT2D eigenvalue weighted by molar-refractivity contribution is 9.10. The van der Waals surface area contributed by atoms with Crippen LogP contribution in [0.3, 0.4) is 0 Å². The predicted octanol–water partition coefficient (Wildman–Crippen LogP) is 4.29. The highest BCUT2D eigenvalue weighted by Crippen LogP contribution is 2.30. The lowest BCUT2D eigenvalue weighted by molar-refractivity contribution is -0.116. The lowest BCUT2D eigenvalue weighted by Gasteiger charge is -2.01. The molecule has 0 aliphatic heterocycles. The molecule has 1 rings (SSSR count). The van der Waals surface area contributed by atoms with E-state index in [2.05, 4.69) is 34.2 Å². The summed E-state index contributed by atoms with van der Waals surface area (Å²) >= 11 is 4.57. The fourth-order valence-electron chi connectivity index (χ4n) is 1.42. The standard InChI is InChI=1S/C12H15BrN2OS/c1-2-3-4-5-6-11(16)15-12-7-9(13)10(8-14)17-12/h7H,2-6H2,1H3,(H,15,16). The topological polar surface area (TPSA) is 52.9 Å². The second kappa shape index (κ2) is 7.46. The van der Waals surface area contributed by atoms with Gasteiger partial charge in [-0.25, -0.2) is 0 Å². The van der Waals surface area contributed by atoms with Crippen LogP contribution in [0.1, 0.15) is 43.9 Å². The number of amides is 1. The van der Waals surface area contributed by atoms with Crippen LogP contribution in [0.15, 0.2) is 10.5 Å². The van der Waals surface area contributed by atoms with Crippen LogP contribution in [0, 0.1) is 11.3 Å². The van der Waals surface area contributed by atoms with Gasteiger partial charge in [0.25, 0.3) is 0 Å². The Morgan fingerprint density at radius 1 is 1.53 bits per heavy atom. The van der Waals surface area contributed by atoms with Crippen molar-refractivity contribution in [1.82, 2.24) is 0 Å². The van der Waals surface area contributed by atoms with Crippen molar-refractivity contribution < 1.29 is 4.79 Å².